The Hall–Kier alpha value is -4.79. The highest BCUT2D eigenvalue weighted by Crippen LogP contribution is 2.35. The fraction of sp³-hybridized carbons (Fsp3) is 0.194. The summed E-state index contributed by atoms with van der Waals surface area (Å²) in [6.45, 7) is 0.220. The summed E-state index contributed by atoms with van der Waals surface area (Å²) < 4.78 is 52.0. The van der Waals surface area contributed by atoms with Crippen molar-refractivity contribution in [3.8, 4) is 11.6 Å². The van der Waals surface area contributed by atoms with Crippen molar-refractivity contribution in [3.05, 3.63) is 111 Å². The summed E-state index contributed by atoms with van der Waals surface area (Å²) in [5, 5.41) is 8.57. The molecule has 0 saturated carbocycles. The Kier molecular flexibility index (Phi) is 8.75. The van der Waals surface area contributed by atoms with Crippen LogP contribution < -0.4 is 20.3 Å². The molecule has 2 N–H and O–H groups in total. The Bertz CT molecular complexity index is 2160. The fourth-order valence-electron chi connectivity index (χ4n) is 5.28. The van der Waals surface area contributed by atoms with Crippen LogP contribution in [-0.4, -0.2) is 46.8 Å². The summed E-state index contributed by atoms with van der Waals surface area (Å²) in [6.07, 6.45) is 4.84. The summed E-state index contributed by atoms with van der Waals surface area (Å²) in [5.41, 5.74) is 1.72. The maximum absolute atomic E-state index is 14.4. The molecule has 15 heteroatoms. The number of halogens is 3. The number of aryl methyl sites for hydroxylation is 1. The molecule has 2 aromatic carbocycles. The summed E-state index contributed by atoms with van der Waals surface area (Å²) in [5.74, 6) is -0.728. The Morgan fingerprint density at radius 2 is 1.76 bits per heavy atom. The average molecular weight is 665 g/mol. The van der Waals surface area contributed by atoms with Crippen molar-refractivity contribution in [2.24, 2.45) is 7.05 Å². The molecule has 0 radical (unpaired) electrons. The molecule has 0 fully saturated rings. The molecule has 236 valence electrons. The van der Waals surface area contributed by atoms with E-state index in [0.717, 1.165) is 11.6 Å². The first-order valence-corrected chi connectivity index (χ1v) is 15.9. The monoisotopic (exact) mass is 664 g/mol. The van der Waals surface area contributed by atoms with Gasteiger partial charge in [-0.05, 0) is 67.1 Å². The first-order valence-electron chi connectivity index (χ1n) is 14.0. The van der Waals surface area contributed by atoms with Crippen LogP contribution in [0.4, 0.5) is 14.6 Å². The normalized spacial score (nSPS) is 12.8. The summed E-state index contributed by atoms with van der Waals surface area (Å²) in [7, 11) is 1.87. The second kappa shape index (κ2) is 12.9. The van der Waals surface area contributed by atoms with Crippen molar-refractivity contribution >= 4 is 50.3 Å². The molecule has 46 heavy (non-hydrogen) atoms. The van der Waals surface area contributed by atoms with Crippen LogP contribution in [0.15, 0.2) is 71.8 Å². The van der Waals surface area contributed by atoms with Gasteiger partial charge in [0.1, 0.15) is 35.1 Å². The van der Waals surface area contributed by atoms with E-state index in [-0.39, 0.29) is 41.6 Å². The van der Waals surface area contributed by atoms with Crippen LogP contribution in [0.5, 0.6) is 5.88 Å². The molecule has 4 aromatic heterocycles. The number of benzene rings is 2. The third-order valence-electron chi connectivity index (χ3n) is 7.29. The molecule has 4 heterocycles. The molecule has 0 amide bonds. The van der Waals surface area contributed by atoms with Gasteiger partial charge in [-0.3, -0.25) is 23.7 Å². The molecule has 0 aliphatic heterocycles. The number of likely N-dealkylation sites (N-methyl/N-ethyl adjacent to an activating group) is 1. The zero-order valence-electron chi connectivity index (χ0n) is 24.8. The van der Waals surface area contributed by atoms with E-state index in [1.807, 2.05) is 12.1 Å². The second-order valence-corrected chi connectivity index (χ2v) is 11.9. The highest BCUT2D eigenvalue weighted by atomic mass is 35.5. The standard InChI is InChI=1S/C31H27ClF2N8O3S/c1-35-23(14-18-12-19(33)15-20(34)13-18)30-38-28-21(4-7-25(37-28)45-16-17-8-10-36-11-9-17)31(43)42(30)24-6-5-22(32)26-27(24)41(2)39-29(26)40-46(3)44/h4-13,15,23,35H,14,16H2,1-3H3,(H,39,40). The van der Waals surface area contributed by atoms with Crippen molar-refractivity contribution < 1.29 is 17.7 Å². The molecular weight excluding hydrogens is 638 g/mol. The number of hydrogen-bond acceptors (Lipinski definition) is 8. The van der Waals surface area contributed by atoms with E-state index in [1.54, 1.807) is 50.8 Å². The number of ether oxygens (including phenoxy) is 1. The quantitative estimate of drug-likeness (QED) is 0.214. The van der Waals surface area contributed by atoms with E-state index >= 15 is 0 Å². The molecule has 6 rings (SSSR count). The Labute approximate surface area is 268 Å². The predicted molar refractivity (Wildman–Crippen MR) is 173 cm³/mol. The molecule has 0 bridgehead atoms. The van der Waals surface area contributed by atoms with Gasteiger partial charge in [0.25, 0.3) is 5.56 Å². The summed E-state index contributed by atoms with van der Waals surface area (Å²) in [6, 6.07) is 12.6. The Morgan fingerprint density at radius 1 is 1.02 bits per heavy atom. The first-order chi connectivity index (χ1) is 22.1. The smallest absolute Gasteiger partial charge is 0.267 e. The minimum absolute atomic E-state index is 0.0745. The lowest BCUT2D eigenvalue weighted by atomic mass is 10.0. The lowest BCUT2D eigenvalue weighted by Gasteiger charge is -2.22. The third-order valence-corrected chi connectivity index (χ3v) is 8.08. The zero-order valence-corrected chi connectivity index (χ0v) is 26.4. The first kappa shape index (κ1) is 31.2. The van der Waals surface area contributed by atoms with Crippen molar-refractivity contribution in [3.63, 3.8) is 0 Å². The van der Waals surface area contributed by atoms with Gasteiger partial charge < -0.3 is 10.1 Å². The van der Waals surface area contributed by atoms with Crippen LogP contribution >= 0.6 is 11.6 Å². The highest BCUT2D eigenvalue weighted by Gasteiger charge is 2.26. The van der Waals surface area contributed by atoms with Crippen molar-refractivity contribution in [2.75, 3.05) is 18.0 Å². The average Bonchev–Trinajstić information content (AvgIpc) is 3.35. The van der Waals surface area contributed by atoms with E-state index in [0.29, 0.717) is 27.2 Å². The molecule has 6 aromatic rings. The summed E-state index contributed by atoms with van der Waals surface area (Å²) in [4.78, 5) is 27.8. The minimum Gasteiger partial charge on any atom is -0.473 e. The molecule has 0 aliphatic rings. The number of pyridine rings is 2. The largest absolute Gasteiger partial charge is 0.473 e. The third kappa shape index (κ3) is 6.18. The summed E-state index contributed by atoms with van der Waals surface area (Å²) >= 11 is 6.61. The van der Waals surface area contributed by atoms with E-state index in [1.165, 1.54) is 27.6 Å². The van der Waals surface area contributed by atoms with E-state index < -0.39 is 34.2 Å². The van der Waals surface area contributed by atoms with Gasteiger partial charge in [0.05, 0.1) is 33.0 Å². The number of nitrogens with zero attached hydrogens (tertiary/aromatic N) is 6. The van der Waals surface area contributed by atoms with Gasteiger partial charge >= 0.3 is 0 Å². The van der Waals surface area contributed by atoms with Gasteiger partial charge in [-0.15, -0.1) is 0 Å². The number of aromatic nitrogens is 6. The maximum Gasteiger partial charge on any atom is 0.267 e. The molecule has 11 nitrogen and oxygen atoms in total. The van der Waals surface area contributed by atoms with E-state index in [2.05, 4.69) is 25.1 Å². The maximum atomic E-state index is 14.4. The van der Waals surface area contributed by atoms with E-state index in [4.69, 9.17) is 21.3 Å². The predicted octanol–water partition coefficient (Wildman–Crippen LogP) is 4.78. The second-order valence-electron chi connectivity index (χ2n) is 10.4. The van der Waals surface area contributed by atoms with Gasteiger partial charge in [-0.1, -0.05) is 11.6 Å². The van der Waals surface area contributed by atoms with Gasteiger partial charge in [-0.25, -0.2) is 18.0 Å². The van der Waals surface area contributed by atoms with Gasteiger partial charge in [0.2, 0.25) is 5.88 Å². The van der Waals surface area contributed by atoms with Crippen molar-refractivity contribution in [2.45, 2.75) is 19.1 Å². The van der Waals surface area contributed by atoms with Crippen LogP contribution in [0.1, 0.15) is 23.0 Å². The lowest BCUT2D eigenvalue weighted by molar-refractivity contribution is 0.294. The Balaban J connectivity index is 1.56. The van der Waals surface area contributed by atoms with Crippen molar-refractivity contribution in [1.29, 1.82) is 0 Å². The highest BCUT2D eigenvalue weighted by molar-refractivity contribution is 7.85. The molecule has 0 saturated heterocycles. The van der Waals surface area contributed by atoms with Crippen LogP contribution in [0, 0.1) is 11.6 Å². The molecule has 0 spiro atoms. The molecule has 2 atom stereocenters. The molecule has 0 aliphatic carbocycles. The minimum atomic E-state index is -1.46. The number of fused-ring (bicyclic) bond motifs is 2. The molecular formula is C31H27ClF2N8O3S. The van der Waals surface area contributed by atoms with Gasteiger partial charge in [0.15, 0.2) is 11.5 Å². The lowest BCUT2D eigenvalue weighted by Crippen LogP contribution is -2.31. The van der Waals surface area contributed by atoms with Crippen LogP contribution in [0.3, 0.4) is 0 Å². The fourth-order valence-corrected chi connectivity index (χ4v) is 5.94. The van der Waals surface area contributed by atoms with Gasteiger partial charge in [-0.2, -0.15) is 10.1 Å². The number of hydrogen-bond donors (Lipinski definition) is 2. The van der Waals surface area contributed by atoms with Crippen LogP contribution in [0.25, 0.3) is 27.6 Å². The SMILES string of the molecule is CNC(Cc1cc(F)cc(F)c1)c1nc2nc(OCc3ccncc3)ccc2c(=O)n1-c1ccc(Cl)c2c(NS(C)=O)nn(C)c12. The Morgan fingerprint density at radius 3 is 2.46 bits per heavy atom. The number of anilines is 1. The number of rotatable bonds is 10. The van der Waals surface area contributed by atoms with Crippen molar-refractivity contribution in [1.82, 2.24) is 34.6 Å². The topological polar surface area (TPSA) is 129 Å². The molecule has 2 unspecified atom stereocenters. The number of nitrogens with one attached hydrogen (secondary N) is 2. The van der Waals surface area contributed by atoms with Gasteiger partial charge in [0, 0.05) is 37.8 Å². The van der Waals surface area contributed by atoms with Crippen LogP contribution in [0.2, 0.25) is 5.02 Å². The van der Waals surface area contributed by atoms with Crippen LogP contribution in [-0.2, 0) is 31.1 Å². The van der Waals surface area contributed by atoms with E-state index in [9.17, 15) is 17.8 Å². The zero-order chi connectivity index (χ0) is 32.5.